The van der Waals surface area contributed by atoms with Gasteiger partial charge in [-0.25, -0.2) is 0 Å². The quantitative estimate of drug-likeness (QED) is 0.854. The molecule has 1 aliphatic carbocycles. The second-order valence-electron chi connectivity index (χ2n) is 5.02. The molecule has 0 unspecified atom stereocenters. The zero-order valence-electron chi connectivity index (χ0n) is 11.4. The van der Waals surface area contributed by atoms with E-state index in [0.29, 0.717) is 0 Å². The van der Waals surface area contributed by atoms with Gasteiger partial charge < -0.3 is 9.84 Å². The van der Waals surface area contributed by atoms with Crippen LogP contribution in [0.5, 0.6) is 5.75 Å². The van der Waals surface area contributed by atoms with Crippen molar-refractivity contribution in [1.82, 2.24) is 0 Å². The first-order valence-electron chi connectivity index (χ1n) is 6.60. The molecule has 0 radical (unpaired) electrons. The Hall–Kier alpha value is -1.16. The predicted octanol–water partition coefficient (Wildman–Crippen LogP) is 3.70. The van der Waals surface area contributed by atoms with Gasteiger partial charge in [-0.3, -0.25) is 4.79 Å². The van der Waals surface area contributed by atoms with Crippen molar-refractivity contribution in [2.75, 3.05) is 13.4 Å². The molecule has 1 fully saturated rings. The minimum absolute atomic E-state index is 0.703. The number of methoxy groups -OCH3 is 1. The van der Waals surface area contributed by atoms with Crippen molar-refractivity contribution < 1.29 is 14.6 Å². The van der Waals surface area contributed by atoms with Gasteiger partial charge in [0.1, 0.15) is 5.75 Å². The van der Waals surface area contributed by atoms with Crippen LogP contribution in [0.1, 0.15) is 37.7 Å². The predicted molar refractivity (Wildman–Crippen MR) is 77.2 cm³/mol. The van der Waals surface area contributed by atoms with E-state index >= 15 is 0 Å². The second-order valence-corrected chi connectivity index (χ2v) is 5.87. The van der Waals surface area contributed by atoms with Gasteiger partial charge >= 0.3 is 5.97 Å². The van der Waals surface area contributed by atoms with Crippen LogP contribution in [0.2, 0.25) is 0 Å². The van der Waals surface area contributed by atoms with Crippen LogP contribution in [0.25, 0.3) is 0 Å². The number of carbonyl (C=O) groups is 1. The van der Waals surface area contributed by atoms with E-state index in [9.17, 15) is 9.90 Å². The highest BCUT2D eigenvalue weighted by Crippen LogP contribution is 2.42. The summed E-state index contributed by atoms with van der Waals surface area (Å²) in [5.41, 5.74) is 0.164. The summed E-state index contributed by atoms with van der Waals surface area (Å²) in [6, 6.07) is 5.83. The number of aliphatic carboxylic acids is 1. The van der Waals surface area contributed by atoms with E-state index in [1.807, 2.05) is 24.5 Å². The zero-order chi connectivity index (χ0) is 13.9. The van der Waals surface area contributed by atoms with Crippen molar-refractivity contribution in [3.05, 3.63) is 23.8 Å². The normalized spacial score (nSPS) is 18.0. The minimum atomic E-state index is -0.720. The van der Waals surface area contributed by atoms with E-state index in [4.69, 9.17) is 4.74 Å². The van der Waals surface area contributed by atoms with Gasteiger partial charge in [0.15, 0.2) is 0 Å². The number of hydrogen-bond donors (Lipinski definition) is 1. The highest BCUT2D eigenvalue weighted by molar-refractivity contribution is 7.98. The molecule has 1 N–H and O–H groups in total. The Bertz CT molecular complexity index is 464. The molecule has 0 heterocycles. The fourth-order valence-electron chi connectivity index (χ4n) is 2.92. The molecule has 3 nitrogen and oxygen atoms in total. The van der Waals surface area contributed by atoms with Crippen LogP contribution in [0.15, 0.2) is 23.1 Å². The van der Waals surface area contributed by atoms with E-state index in [-0.39, 0.29) is 0 Å². The lowest BCUT2D eigenvalue weighted by Crippen LogP contribution is -2.37. The molecule has 0 saturated heterocycles. The van der Waals surface area contributed by atoms with Crippen molar-refractivity contribution in [2.24, 2.45) is 0 Å². The van der Waals surface area contributed by atoms with Crippen molar-refractivity contribution in [3.63, 3.8) is 0 Å². The number of carboxylic acid groups (broad SMARTS) is 1. The smallest absolute Gasteiger partial charge is 0.314 e. The topological polar surface area (TPSA) is 46.5 Å². The lowest BCUT2D eigenvalue weighted by molar-refractivity contribution is -0.145. The summed E-state index contributed by atoms with van der Waals surface area (Å²) in [5.74, 6) is 0.0716. The average Bonchev–Trinajstić information content (AvgIpc) is 2.47. The number of carboxylic acids is 1. The molecular weight excluding hydrogens is 260 g/mol. The third-order valence-corrected chi connectivity index (χ3v) is 4.83. The Morgan fingerprint density at radius 3 is 2.53 bits per heavy atom. The summed E-state index contributed by atoms with van der Waals surface area (Å²) in [6.45, 7) is 0. The molecule has 1 aromatic carbocycles. The largest absolute Gasteiger partial charge is 0.496 e. The maximum Gasteiger partial charge on any atom is 0.314 e. The van der Waals surface area contributed by atoms with Crippen LogP contribution in [0.3, 0.4) is 0 Å². The number of ether oxygens (including phenoxy) is 1. The fourth-order valence-corrected chi connectivity index (χ4v) is 3.46. The SMILES string of the molecule is COc1cc(C2(C(=O)O)CCCCC2)ccc1SC. The maximum atomic E-state index is 11.8. The monoisotopic (exact) mass is 280 g/mol. The highest BCUT2D eigenvalue weighted by atomic mass is 32.2. The van der Waals surface area contributed by atoms with Crippen molar-refractivity contribution in [3.8, 4) is 5.75 Å². The summed E-state index contributed by atoms with van der Waals surface area (Å²) in [7, 11) is 1.63. The summed E-state index contributed by atoms with van der Waals surface area (Å²) in [4.78, 5) is 12.8. The van der Waals surface area contributed by atoms with Crippen molar-refractivity contribution in [1.29, 1.82) is 0 Å². The zero-order valence-corrected chi connectivity index (χ0v) is 12.3. The van der Waals surface area contributed by atoms with Gasteiger partial charge in [0.05, 0.1) is 12.5 Å². The van der Waals surface area contributed by atoms with E-state index in [2.05, 4.69) is 0 Å². The van der Waals surface area contributed by atoms with Crippen LogP contribution in [0, 0.1) is 0 Å². The standard InChI is InChI=1S/C15H20O3S/c1-18-12-10-11(6-7-13(12)19-2)15(14(16)17)8-4-3-5-9-15/h6-7,10H,3-5,8-9H2,1-2H3,(H,16,17). The molecule has 0 atom stereocenters. The molecular formula is C15H20O3S. The van der Waals surface area contributed by atoms with Crippen LogP contribution in [0.4, 0.5) is 0 Å². The Morgan fingerprint density at radius 2 is 2.00 bits per heavy atom. The van der Waals surface area contributed by atoms with E-state index in [0.717, 1.165) is 48.3 Å². The van der Waals surface area contributed by atoms with Gasteiger partial charge in [0.2, 0.25) is 0 Å². The van der Waals surface area contributed by atoms with Crippen molar-refractivity contribution in [2.45, 2.75) is 42.4 Å². The van der Waals surface area contributed by atoms with Crippen LogP contribution >= 0.6 is 11.8 Å². The minimum Gasteiger partial charge on any atom is -0.496 e. The molecule has 0 amide bonds. The maximum absolute atomic E-state index is 11.8. The third-order valence-electron chi connectivity index (χ3n) is 4.05. The second kappa shape index (κ2) is 5.87. The Labute approximate surface area is 118 Å². The molecule has 0 spiro atoms. The van der Waals surface area contributed by atoms with E-state index in [1.165, 1.54) is 0 Å². The van der Waals surface area contributed by atoms with Gasteiger partial charge in [-0.15, -0.1) is 11.8 Å². The van der Waals surface area contributed by atoms with Crippen molar-refractivity contribution >= 4 is 17.7 Å². The molecule has 19 heavy (non-hydrogen) atoms. The molecule has 0 bridgehead atoms. The molecule has 1 saturated carbocycles. The molecule has 104 valence electrons. The summed E-state index contributed by atoms with van der Waals surface area (Å²) < 4.78 is 5.38. The molecule has 1 aromatic rings. The molecule has 0 aliphatic heterocycles. The Balaban J connectivity index is 2.45. The molecule has 4 heteroatoms. The first-order valence-corrected chi connectivity index (χ1v) is 7.82. The molecule has 2 rings (SSSR count). The van der Waals surface area contributed by atoms with Crippen LogP contribution in [-0.2, 0) is 10.2 Å². The number of hydrogen-bond acceptors (Lipinski definition) is 3. The Kier molecular flexibility index (Phi) is 4.40. The first kappa shape index (κ1) is 14.3. The highest BCUT2D eigenvalue weighted by Gasteiger charge is 2.41. The lowest BCUT2D eigenvalue weighted by Gasteiger charge is -2.34. The fraction of sp³-hybridized carbons (Fsp3) is 0.533. The van der Waals surface area contributed by atoms with Gasteiger partial charge in [-0.05, 0) is 36.8 Å². The van der Waals surface area contributed by atoms with Gasteiger partial charge in [-0.1, -0.05) is 25.3 Å². The van der Waals surface area contributed by atoms with E-state index in [1.54, 1.807) is 18.9 Å². The van der Waals surface area contributed by atoms with Gasteiger partial charge in [0.25, 0.3) is 0 Å². The Morgan fingerprint density at radius 1 is 1.32 bits per heavy atom. The van der Waals surface area contributed by atoms with Crippen LogP contribution in [-0.4, -0.2) is 24.4 Å². The molecule has 1 aliphatic rings. The molecule has 0 aromatic heterocycles. The summed E-state index contributed by atoms with van der Waals surface area (Å²) >= 11 is 1.61. The number of rotatable bonds is 4. The first-order chi connectivity index (χ1) is 9.14. The number of benzene rings is 1. The number of thioether (sulfide) groups is 1. The van der Waals surface area contributed by atoms with Crippen LogP contribution < -0.4 is 4.74 Å². The summed E-state index contributed by atoms with van der Waals surface area (Å²) in [5, 5.41) is 9.69. The lowest BCUT2D eigenvalue weighted by atomic mass is 9.69. The van der Waals surface area contributed by atoms with Gasteiger partial charge in [0, 0.05) is 4.90 Å². The summed E-state index contributed by atoms with van der Waals surface area (Å²) in [6.07, 6.45) is 6.55. The van der Waals surface area contributed by atoms with Gasteiger partial charge in [-0.2, -0.15) is 0 Å². The average molecular weight is 280 g/mol. The van der Waals surface area contributed by atoms with E-state index < -0.39 is 11.4 Å². The third kappa shape index (κ3) is 2.59.